The summed E-state index contributed by atoms with van der Waals surface area (Å²) in [4.78, 5) is 22.3. The maximum absolute atomic E-state index is 14.0. The summed E-state index contributed by atoms with van der Waals surface area (Å²) < 4.78 is 14.0. The normalized spacial score (nSPS) is 11.1. The van der Waals surface area contributed by atoms with E-state index < -0.39 is 22.4 Å². The Balaban J connectivity index is 2.91. The monoisotopic (exact) mass is 284 g/mol. The van der Waals surface area contributed by atoms with Crippen LogP contribution in [-0.2, 0) is 11.3 Å². The zero-order chi connectivity index (χ0) is 15.3. The number of carboxylic acids is 1. The summed E-state index contributed by atoms with van der Waals surface area (Å²) in [5, 5.41) is 19.4. The van der Waals surface area contributed by atoms with Gasteiger partial charge in [-0.3, -0.25) is 19.8 Å². The van der Waals surface area contributed by atoms with Crippen molar-refractivity contribution in [1.82, 2.24) is 4.90 Å². The molecule has 0 aliphatic carbocycles. The number of hydrogen-bond donors (Lipinski definition) is 1. The number of rotatable bonds is 7. The number of carboxylic acid groups (broad SMARTS) is 1. The Labute approximate surface area is 116 Å². The van der Waals surface area contributed by atoms with Crippen molar-refractivity contribution >= 4 is 11.7 Å². The van der Waals surface area contributed by atoms with E-state index in [4.69, 9.17) is 5.11 Å². The minimum absolute atomic E-state index is 0.00742. The summed E-state index contributed by atoms with van der Waals surface area (Å²) in [5.41, 5.74) is -0.372. The highest BCUT2D eigenvalue weighted by atomic mass is 19.1. The lowest BCUT2D eigenvalue weighted by Crippen LogP contribution is -2.32. The Hall–Kier alpha value is -2.02. The zero-order valence-corrected chi connectivity index (χ0v) is 11.4. The van der Waals surface area contributed by atoms with E-state index in [9.17, 15) is 19.3 Å². The highest BCUT2D eigenvalue weighted by molar-refractivity contribution is 5.66. The van der Waals surface area contributed by atoms with Gasteiger partial charge in [0.2, 0.25) is 5.82 Å². The van der Waals surface area contributed by atoms with Gasteiger partial charge in [0.05, 0.1) is 11.3 Å². The van der Waals surface area contributed by atoms with Crippen LogP contribution in [0.25, 0.3) is 0 Å². The molecule has 110 valence electrons. The summed E-state index contributed by atoms with van der Waals surface area (Å²) in [6.07, 6.45) is -0.0608. The van der Waals surface area contributed by atoms with E-state index in [2.05, 4.69) is 0 Å². The van der Waals surface area contributed by atoms with Gasteiger partial charge < -0.3 is 5.11 Å². The Morgan fingerprint density at radius 2 is 2.15 bits per heavy atom. The molecule has 0 heterocycles. The topological polar surface area (TPSA) is 83.7 Å². The molecule has 6 nitrogen and oxygen atoms in total. The minimum Gasteiger partial charge on any atom is -0.481 e. The third kappa shape index (κ3) is 4.27. The molecular formula is C13H17FN2O4. The number of aliphatic carboxylic acids is 1. The summed E-state index contributed by atoms with van der Waals surface area (Å²) >= 11 is 0. The van der Waals surface area contributed by atoms with Crippen molar-refractivity contribution in [2.45, 2.75) is 32.9 Å². The third-order valence-corrected chi connectivity index (χ3v) is 2.97. The summed E-state index contributed by atoms with van der Waals surface area (Å²) in [6, 6.07) is 4.01. The van der Waals surface area contributed by atoms with Crippen LogP contribution in [0.1, 0.15) is 25.8 Å². The fourth-order valence-electron chi connectivity index (χ4n) is 1.81. The average molecular weight is 284 g/mol. The van der Waals surface area contributed by atoms with Gasteiger partial charge in [-0.15, -0.1) is 0 Å². The third-order valence-electron chi connectivity index (χ3n) is 2.97. The SMILES string of the molecule is CC(C)N(CCC(=O)O)Cc1cccc([N+](=O)[O-])c1F. The maximum atomic E-state index is 14.0. The van der Waals surface area contributed by atoms with Crippen LogP contribution in [0, 0.1) is 15.9 Å². The van der Waals surface area contributed by atoms with Gasteiger partial charge in [-0.2, -0.15) is 4.39 Å². The first kappa shape index (κ1) is 16.0. The molecule has 20 heavy (non-hydrogen) atoms. The Morgan fingerprint density at radius 1 is 1.50 bits per heavy atom. The molecule has 0 amide bonds. The lowest BCUT2D eigenvalue weighted by Gasteiger charge is -2.25. The van der Waals surface area contributed by atoms with Crippen LogP contribution in [0.3, 0.4) is 0 Å². The van der Waals surface area contributed by atoms with Crippen molar-refractivity contribution in [2.24, 2.45) is 0 Å². The smallest absolute Gasteiger partial charge is 0.305 e. The molecule has 7 heteroatoms. The van der Waals surface area contributed by atoms with Gasteiger partial charge in [-0.25, -0.2) is 0 Å². The number of nitro benzene ring substituents is 1. The van der Waals surface area contributed by atoms with E-state index in [0.29, 0.717) is 0 Å². The van der Waals surface area contributed by atoms with Gasteiger partial charge in [0, 0.05) is 30.8 Å². The minimum atomic E-state index is -0.935. The first-order valence-corrected chi connectivity index (χ1v) is 6.20. The van der Waals surface area contributed by atoms with Crippen LogP contribution in [0.5, 0.6) is 0 Å². The molecule has 0 spiro atoms. The van der Waals surface area contributed by atoms with E-state index in [1.165, 1.54) is 12.1 Å². The molecule has 0 aliphatic rings. The van der Waals surface area contributed by atoms with Gasteiger partial charge in [0.1, 0.15) is 0 Å². The zero-order valence-electron chi connectivity index (χ0n) is 11.4. The summed E-state index contributed by atoms with van der Waals surface area (Å²) in [7, 11) is 0. The van der Waals surface area contributed by atoms with Crippen LogP contribution in [0.2, 0.25) is 0 Å². The second-order valence-corrected chi connectivity index (χ2v) is 4.72. The standard InChI is InChI=1S/C13H17FN2O4/c1-9(2)15(7-6-12(17)18)8-10-4-3-5-11(13(10)14)16(19)20/h3-5,9H,6-8H2,1-2H3,(H,17,18). The highest BCUT2D eigenvalue weighted by Crippen LogP contribution is 2.22. The number of benzene rings is 1. The molecule has 0 aliphatic heterocycles. The van der Waals surface area contributed by atoms with Crippen LogP contribution in [-0.4, -0.2) is 33.5 Å². The molecule has 0 saturated carbocycles. The molecule has 0 bridgehead atoms. The van der Waals surface area contributed by atoms with Crippen LogP contribution in [0.4, 0.5) is 10.1 Å². The Bertz CT molecular complexity index is 505. The number of hydrogen-bond acceptors (Lipinski definition) is 4. The molecule has 1 aromatic rings. The first-order chi connectivity index (χ1) is 9.32. The molecule has 0 radical (unpaired) electrons. The van der Waals surface area contributed by atoms with Crippen LogP contribution < -0.4 is 0 Å². The average Bonchev–Trinajstić information content (AvgIpc) is 2.35. The van der Waals surface area contributed by atoms with Crippen LogP contribution in [0.15, 0.2) is 18.2 Å². The van der Waals surface area contributed by atoms with Gasteiger partial charge >= 0.3 is 11.7 Å². The molecule has 0 unspecified atom stereocenters. The van der Waals surface area contributed by atoms with Crippen molar-refractivity contribution in [2.75, 3.05) is 6.54 Å². The van der Waals surface area contributed by atoms with Gasteiger partial charge in [0.15, 0.2) is 0 Å². The van der Waals surface area contributed by atoms with E-state index in [1.807, 2.05) is 13.8 Å². The first-order valence-electron chi connectivity index (χ1n) is 6.20. The molecule has 1 N–H and O–H groups in total. The maximum Gasteiger partial charge on any atom is 0.305 e. The largest absolute Gasteiger partial charge is 0.481 e. The van der Waals surface area contributed by atoms with Crippen LogP contribution >= 0.6 is 0 Å². The quantitative estimate of drug-likeness (QED) is 0.614. The second-order valence-electron chi connectivity index (χ2n) is 4.72. The molecule has 0 aromatic heterocycles. The van der Waals surface area contributed by atoms with Gasteiger partial charge in [-0.05, 0) is 13.8 Å². The summed E-state index contributed by atoms with van der Waals surface area (Å²) in [6.45, 7) is 4.11. The Morgan fingerprint density at radius 3 is 2.65 bits per heavy atom. The highest BCUT2D eigenvalue weighted by Gasteiger charge is 2.20. The van der Waals surface area contributed by atoms with E-state index in [1.54, 1.807) is 4.90 Å². The predicted octanol–water partition coefficient (Wildman–Crippen LogP) is 2.42. The van der Waals surface area contributed by atoms with Crippen molar-refractivity contribution in [3.63, 3.8) is 0 Å². The molecule has 0 atom stereocenters. The molecule has 1 aromatic carbocycles. The van der Waals surface area contributed by atoms with Crippen molar-refractivity contribution in [3.05, 3.63) is 39.7 Å². The van der Waals surface area contributed by atoms with E-state index in [-0.39, 0.29) is 31.1 Å². The van der Waals surface area contributed by atoms with E-state index >= 15 is 0 Å². The number of nitro groups is 1. The number of nitrogens with zero attached hydrogens (tertiary/aromatic N) is 2. The Kier molecular flexibility index (Phi) is 5.57. The fourth-order valence-corrected chi connectivity index (χ4v) is 1.81. The molecule has 0 saturated heterocycles. The van der Waals surface area contributed by atoms with Crippen molar-refractivity contribution in [1.29, 1.82) is 0 Å². The number of halogens is 1. The lowest BCUT2D eigenvalue weighted by molar-refractivity contribution is -0.387. The predicted molar refractivity (Wildman–Crippen MR) is 70.9 cm³/mol. The number of carbonyl (C=O) groups is 1. The van der Waals surface area contributed by atoms with E-state index in [0.717, 1.165) is 6.07 Å². The van der Waals surface area contributed by atoms with Crippen molar-refractivity contribution in [3.8, 4) is 0 Å². The van der Waals surface area contributed by atoms with Gasteiger partial charge in [-0.1, -0.05) is 12.1 Å². The fraction of sp³-hybridized carbons (Fsp3) is 0.462. The second kappa shape index (κ2) is 6.95. The molecular weight excluding hydrogens is 267 g/mol. The summed E-state index contributed by atoms with van der Waals surface area (Å²) in [5.74, 6) is -1.80. The molecule has 1 rings (SSSR count). The van der Waals surface area contributed by atoms with Crippen molar-refractivity contribution < 1.29 is 19.2 Å². The molecule has 0 fully saturated rings. The van der Waals surface area contributed by atoms with Gasteiger partial charge in [0.25, 0.3) is 0 Å². The lowest BCUT2D eigenvalue weighted by atomic mass is 10.1.